The van der Waals surface area contributed by atoms with Gasteiger partial charge in [-0.25, -0.2) is 13.6 Å². The molecular weight excluding hydrogens is 412 g/mol. The molecule has 0 fully saturated rings. The van der Waals surface area contributed by atoms with Crippen molar-refractivity contribution in [2.75, 3.05) is 18.5 Å². The molecule has 0 aliphatic carbocycles. The lowest BCUT2D eigenvalue weighted by atomic mass is 10.3. The van der Waals surface area contributed by atoms with E-state index in [9.17, 15) is 23.2 Å². The standard InChI is InChI=1S/C21H17F2N3O5/c1-2-30-21(29)20-17(31-12-18(27)24-15-5-3-4-14(23)10-15)11-19(28)26(25-20)16-8-6-13(22)7-9-16/h3-11H,2,12H2,1H3,(H,24,27). The first kappa shape index (κ1) is 21.6. The summed E-state index contributed by atoms with van der Waals surface area (Å²) in [5.74, 6) is -2.83. The van der Waals surface area contributed by atoms with E-state index in [4.69, 9.17) is 9.47 Å². The summed E-state index contributed by atoms with van der Waals surface area (Å²) in [6.07, 6.45) is 0. The molecule has 31 heavy (non-hydrogen) atoms. The maximum atomic E-state index is 13.2. The van der Waals surface area contributed by atoms with Crippen molar-refractivity contribution in [2.45, 2.75) is 6.92 Å². The molecule has 1 N–H and O–H groups in total. The van der Waals surface area contributed by atoms with Gasteiger partial charge in [0, 0.05) is 5.69 Å². The zero-order valence-corrected chi connectivity index (χ0v) is 16.3. The summed E-state index contributed by atoms with van der Waals surface area (Å²) in [6, 6.07) is 11.1. The third-order valence-electron chi connectivity index (χ3n) is 3.90. The van der Waals surface area contributed by atoms with Gasteiger partial charge in [0.15, 0.2) is 12.4 Å². The Morgan fingerprint density at radius 2 is 1.81 bits per heavy atom. The van der Waals surface area contributed by atoms with Gasteiger partial charge in [-0.2, -0.15) is 9.78 Å². The van der Waals surface area contributed by atoms with Crippen molar-refractivity contribution in [3.8, 4) is 11.4 Å². The van der Waals surface area contributed by atoms with Gasteiger partial charge in [0.2, 0.25) is 5.69 Å². The number of ether oxygens (including phenoxy) is 2. The first-order chi connectivity index (χ1) is 14.9. The summed E-state index contributed by atoms with van der Waals surface area (Å²) in [5, 5.41) is 6.39. The lowest BCUT2D eigenvalue weighted by Gasteiger charge is -2.12. The molecule has 0 aliphatic heterocycles. The summed E-state index contributed by atoms with van der Waals surface area (Å²) in [4.78, 5) is 36.9. The fraction of sp³-hybridized carbons (Fsp3) is 0.143. The monoisotopic (exact) mass is 429 g/mol. The van der Waals surface area contributed by atoms with E-state index < -0.39 is 35.7 Å². The molecule has 3 aromatic rings. The Morgan fingerprint density at radius 3 is 2.48 bits per heavy atom. The van der Waals surface area contributed by atoms with Gasteiger partial charge in [-0.3, -0.25) is 9.59 Å². The lowest BCUT2D eigenvalue weighted by molar-refractivity contribution is -0.118. The lowest BCUT2D eigenvalue weighted by Crippen LogP contribution is -2.27. The number of rotatable bonds is 7. The summed E-state index contributed by atoms with van der Waals surface area (Å²) in [5.41, 5.74) is -0.596. The van der Waals surface area contributed by atoms with Gasteiger partial charge in [0.1, 0.15) is 11.6 Å². The van der Waals surface area contributed by atoms with E-state index in [1.807, 2.05) is 0 Å². The number of hydrogen-bond donors (Lipinski definition) is 1. The molecule has 0 saturated heterocycles. The van der Waals surface area contributed by atoms with Gasteiger partial charge in [-0.15, -0.1) is 0 Å². The predicted octanol–water partition coefficient (Wildman–Crippen LogP) is 2.70. The van der Waals surface area contributed by atoms with Crippen LogP contribution in [0.25, 0.3) is 5.69 Å². The van der Waals surface area contributed by atoms with Crippen LogP contribution in [0.3, 0.4) is 0 Å². The summed E-state index contributed by atoms with van der Waals surface area (Å²) in [7, 11) is 0. The van der Waals surface area contributed by atoms with Crippen LogP contribution in [0, 0.1) is 11.6 Å². The van der Waals surface area contributed by atoms with Gasteiger partial charge in [-0.05, 0) is 49.4 Å². The predicted molar refractivity (Wildman–Crippen MR) is 106 cm³/mol. The number of anilines is 1. The van der Waals surface area contributed by atoms with Gasteiger partial charge in [0.05, 0.1) is 18.4 Å². The maximum absolute atomic E-state index is 13.2. The number of aromatic nitrogens is 2. The molecule has 2 aromatic carbocycles. The van der Waals surface area contributed by atoms with Crippen molar-refractivity contribution in [1.29, 1.82) is 0 Å². The van der Waals surface area contributed by atoms with Gasteiger partial charge >= 0.3 is 5.97 Å². The highest BCUT2D eigenvalue weighted by atomic mass is 19.1. The molecule has 0 unspecified atom stereocenters. The van der Waals surface area contributed by atoms with Crippen molar-refractivity contribution in [3.05, 3.63) is 82.3 Å². The van der Waals surface area contributed by atoms with Crippen molar-refractivity contribution >= 4 is 17.6 Å². The minimum atomic E-state index is -0.876. The molecule has 3 rings (SSSR count). The van der Waals surface area contributed by atoms with Crippen molar-refractivity contribution in [1.82, 2.24) is 9.78 Å². The van der Waals surface area contributed by atoms with E-state index in [0.717, 1.165) is 28.9 Å². The molecular formula is C21H17F2N3O5. The summed E-state index contributed by atoms with van der Waals surface area (Å²) in [6.45, 7) is 1.04. The zero-order valence-electron chi connectivity index (χ0n) is 16.3. The number of halogens is 2. The first-order valence-electron chi connectivity index (χ1n) is 9.13. The Labute approximate surface area is 175 Å². The first-order valence-corrected chi connectivity index (χ1v) is 9.13. The quantitative estimate of drug-likeness (QED) is 0.580. The highest BCUT2D eigenvalue weighted by molar-refractivity contribution is 5.93. The molecule has 0 atom stereocenters. The Bertz CT molecular complexity index is 1160. The topological polar surface area (TPSA) is 99.5 Å². The molecule has 1 aromatic heterocycles. The van der Waals surface area contributed by atoms with Crippen molar-refractivity contribution in [3.63, 3.8) is 0 Å². The fourth-order valence-corrected chi connectivity index (χ4v) is 2.56. The SMILES string of the molecule is CCOC(=O)c1nn(-c2ccc(F)cc2)c(=O)cc1OCC(=O)Nc1cccc(F)c1. The van der Waals surface area contributed by atoms with Crippen molar-refractivity contribution in [2.24, 2.45) is 0 Å². The zero-order chi connectivity index (χ0) is 22.4. The number of carbonyl (C=O) groups is 2. The Morgan fingerprint density at radius 1 is 1.06 bits per heavy atom. The molecule has 160 valence electrons. The number of esters is 1. The molecule has 0 spiro atoms. The average molecular weight is 429 g/mol. The molecule has 0 bridgehead atoms. The van der Waals surface area contributed by atoms with Crippen LogP contribution >= 0.6 is 0 Å². The molecule has 0 saturated carbocycles. The number of carbonyl (C=O) groups excluding carboxylic acids is 2. The van der Waals surface area contributed by atoms with Crippen LogP contribution in [0.5, 0.6) is 5.75 Å². The van der Waals surface area contributed by atoms with Crippen LogP contribution < -0.4 is 15.6 Å². The van der Waals surface area contributed by atoms with E-state index in [1.54, 1.807) is 6.92 Å². The summed E-state index contributed by atoms with van der Waals surface area (Å²) < 4.78 is 37.5. The van der Waals surface area contributed by atoms with Gasteiger partial charge < -0.3 is 14.8 Å². The Hall–Kier alpha value is -4.08. The summed E-state index contributed by atoms with van der Waals surface area (Å²) >= 11 is 0. The minimum Gasteiger partial charge on any atom is -0.481 e. The largest absolute Gasteiger partial charge is 0.481 e. The molecule has 8 nitrogen and oxygen atoms in total. The number of amides is 1. The number of hydrogen-bond acceptors (Lipinski definition) is 6. The van der Waals surface area contributed by atoms with Crippen LogP contribution in [0.4, 0.5) is 14.5 Å². The van der Waals surface area contributed by atoms with E-state index >= 15 is 0 Å². The second-order valence-corrected chi connectivity index (χ2v) is 6.15. The second-order valence-electron chi connectivity index (χ2n) is 6.15. The van der Waals surface area contributed by atoms with Crippen LogP contribution in [-0.4, -0.2) is 34.9 Å². The minimum absolute atomic E-state index is 0.0374. The van der Waals surface area contributed by atoms with E-state index in [-0.39, 0.29) is 29.4 Å². The molecule has 1 amide bonds. The average Bonchev–Trinajstić information content (AvgIpc) is 2.73. The third-order valence-corrected chi connectivity index (χ3v) is 3.90. The maximum Gasteiger partial charge on any atom is 0.362 e. The highest BCUT2D eigenvalue weighted by Gasteiger charge is 2.20. The van der Waals surface area contributed by atoms with E-state index in [0.29, 0.717) is 0 Å². The molecule has 0 radical (unpaired) electrons. The van der Waals surface area contributed by atoms with E-state index in [2.05, 4.69) is 10.4 Å². The number of nitrogens with one attached hydrogen (secondary N) is 1. The number of nitrogens with zero attached hydrogens (tertiary/aromatic N) is 2. The Balaban J connectivity index is 1.85. The smallest absolute Gasteiger partial charge is 0.362 e. The van der Waals surface area contributed by atoms with Gasteiger partial charge in [-0.1, -0.05) is 6.07 Å². The van der Waals surface area contributed by atoms with Crippen LogP contribution in [-0.2, 0) is 9.53 Å². The van der Waals surface area contributed by atoms with Crippen molar-refractivity contribution < 1.29 is 27.8 Å². The molecule has 1 heterocycles. The van der Waals surface area contributed by atoms with Crippen LogP contribution in [0.2, 0.25) is 0 Å². The van der Waals surface area contributed by atoms with Crippen LogP contribution in [0.15, 0.2) is 59.4 Å². The number of benzene rings is 2. The third kappa shape index (κ3) is 5.50. The fourth-order valence-electron chi connectivity index (χ4n) is 2.56. The highest BCUT2D eigenvalue weighted by Crippen LogP contribution is 2.17. The second kappa shape index (κ2) is 9.61. The van der Waals surface area contributed by atoms with Crippen LogP contribution in [0.1, 0.15) is 17.4 Å². The molecule has 10 heteroatoms. The van der Waals surface area contributed by atoms with Gasteiger partial charge in [0.25, 0.3) is 11.5 Å². The van der Waals surface area contributed by atoms with E-state index in [1.165, 1.54) is 30.3 Å². The Kier molecular flexibility index (Phi) is 6.71. The molecule has 0 aliphatic rings. The normalized spacial score (nSPS) is 10.4.